The second-order valence-corrected chi connectivity index (χ2v) is 3.29. The molecule has 1 rings (SSSR count). The summed E-state index contributed by atoms with van der Waals surface area (Å²) in [6.07, 6.45) is 0. The van der Waals surface area contributed by atoms with Gasteiger partial charge in [0, 0.05) is 17.3 Å². The zero-order valence-electron chi connectivity index (χ0n) is 8.05. The molecular formula is C8H16N4. The van der Waals surface area contributed by atoms with Gasteiger partial charge in [-0.05, 0) is 27.9 Å². The van der Waals surface area contributed by atoms with Crippen molar-refractivity contribution in [2.75, 3.05) is 19.8 Å². The van der Waals surface area contributed by atoms with Crippen LogP contribution < -0.4 is 5.73 Å². The molecule has 1 unspecified atom stereocenters. The van der Waals surface area contributed by atoms with Crippen LogP contribution in [0.1, 0.15) is 24.2 Å². The van der Waals surface area contributed by atoms with E-state index in [1.54, 1.807) is 0 Å². The maximum atomic E-state index is 5.71. The third-order valence-corrected chi connectivity index (χ3v) is 2.22. The maximum absolute atomic E-state index is 5.71. The van der Waals surface area contributed by atoms with Crippen molar-refractivity contribution in [3.8, 4) is 0 Å². The van der Waals surface area contributed by atoms with Gasteiger partial charge >= 0.3 is 0 Å². The van der Waals surface area contributed by atoms with E-state index in [2.05, 4.69) is 22.0 Å². The lowest BCUT2D eigenvalue weighted by Gasteiger charge is -2.19. The molecule has 0 aromatic carbocycles. The number of aryl methyl sites for hydroxylation is 1. The highest BCUT2D eigenvalue weighted by molar-refractivity contribution is 5.43. The standard InChI is InChI=1S/C8H16N4/c1-5-7(6(2)12(3)4)8(9)11-10-5/h6H,1-4H3,(H3,9,10,11). The number of nitrogen functional groups attached to an aromatic ring is 1. The first kappa shape index (κ1) is 9.06. The van der Waals surface area contributed by atoms with Gasteiger partial charge in [-0.15, -0.1) is 0 Å². The first-order chi connectivity index (χ1) is 5.54. The van der Waals surface area contributed by atoms with Crippen LogP contribution in [0.25, 0.3) is 0 Å². The van der Waals surface area contributed by atoms with Crippen molar-refractivity contribution < 1.29 is 0 Å². The Morgan fingerprint density at radius 2 is 2.08 bits per heavy atom. The molecule has 0 aliphatic rings. The molecule has 0 amide bonds. The average Bonchev–Trinajstić information content (AvgIpc) is 2.30. The number of anilines is 1. The molecule has 3 N–H and O–H groups in total. The molecule has 0 saturated carbocycles. The topological polar surface area (TPSA) is 57.9 Å². The second-order valence-electron chi connectivity index (χ2n) is 3.29. The van der Waals surface area contributed by atoms with Crippen molar-refractivity contribution in [2.24, 2.45) is 0 Å². The Bertz CT molecular complexity index is 245. The Labute approximate surface area is 72.8 Å². The Morgan fingerprint density at radius 1 is 1.50 bits per heavy atom. The van der Waals surface area contributed by atoms with Gasteiger partial charge in [0.25, 0.3) is 0 Å². The van der Waals surface area contributed by atoms with Gasteiger partial charge in [-0.3, -0.25) is 5.10 Å². The van der Waals surface area contributed by atoms with E-state index in [1.165, 1.54) is 0 Å². The van der Waals surface area contributed by atoms with Gasteiger partial charge in [-0.25, -0.2) is 0 Å². The smallest absolute Gasteiger partial charge is 0.150 e. The fourth-order valence-corrected chi connectivity index (χ4v) is 1.24. The first-order valence-corrected chi connectivity index (χ1v) is 4.00. The van der Waals surface area contributed by atoms with Crippen molar-refractivity contribution in [2.45, 2.75) is 19.9 Å². The van der Waals surface area contributed by atoms with Crippen LogP contribution in [-0.4, -0.2) is 29.2 Å². The molecule has 1 heterocycles. The van der Waals surface area contributed by atoms with E-state index >= 15 is 0 Å². The molecule has 0 saturated heterocycles. The normalized spacial score (nSPS) is 13.8. The number of aromatic amines is 1. The number of hydrogen-bond acceptors (Lipinski definition) is 3. The summed E-state index contributed by atoms with van der Waals surface area (Å²) in [5.41, 5.74) is 7.86. The fraction of sp³-hybridized carbons (Fsp3) is 0.625. The number of nitrogens with two attached hydrogens (primary N) is 1. The molecule has 4 nitrogen and oxygen atoms in total. The average molecular weight is 168 g/mol. The summed E-state index contributed by atoms with van der Waals surface area (Å²) in [4.78, 5) is 2.11. The Kier molecular flexibility index (Phi) is 2.38. The van der Waals surface area contributed by atoms with Gasteiger partial charge in [0.1, 0.15) is 5.82 Å². The van der Waals surface area contributed by atoms with E-state index in [1.807, 2.05) is 21.0 Å². The van der Waals surface area contributed by atoms with Crippen LogP contribution in [0.4, 0.5) is 5.82 Å². The lowest BCUT2D eigenvalue weighted by molar-refractivity contribution is 0.321. The van der Waals surface area contributed by atoms with Crippen LogP contribution >= 0.6 is 0 Å². The van der Waals surface area contributed by atoms with Gasteiger partial charge in [0.05, 0.1) is 0 Å². The minimum absolute atomic E-state index is 0.309. The van der Waals surface area contributed by atoms with Gasteiger partial charge in [-0.1, -0.05) is 0 Å². The molecule has 0 aliphatic carbocycles. The molecule has 0 spiro atoms. The molecular weight excluding hydrogens is 152 g/mol. The summed E-state index contributed by atoms with van der Waals surface area (Å²) >= 11 is 0. The summed E-state index contributed by atoms with van der Waals surface area (Å²) in [7, 11) is 4.05. The monoisotopic (exact) mass is 168 g/mol. The number of aromatic nitrogens is 2. The zero-order valence-corrected chi connectivity index (χ0v) is 8.05. The molecule has 4 heteroatoms. The number of rotatable bonds is 2. The Balaban J connectivity index is 3.00. The number of H-pyrrole nitrogens is 1. The van der Waals surface area contributed by atoms with Crippen LogP contribution in [0.2, 0.25) is 0 Å². The summed E-state index contributed by atoms with van der Waals surface area (Å²) in [5, 5.41) is 6.82. The largest absolute Gasteiger partial charge is 0.382 e. The summed E-state index contributed by atoms with van der Waals surface area (Å²) < 4.78 is 0. The SMILES string of the molecule is Cc1[nH]nc(N)c1C(C)N(C)C. The van der Waals surface area contributed by atoms with Gasteiger partial charge in [-0.2, -0.15) is 5.10 Å². The quantitative estimate of drug-likeness (QED) is 0.690. The molecule has 1 aromatic heterocycles. The maximum Gasteiger partial charge on any atom is 0.150 e. The third kappa shape index (κ3) is 1.43. The third-order valence-electron chi connectivity index (χ3n) is 2.22. The highest BCUT2D eigenvalue weighted by Gasteiger charge is 2.15. The highest BCUT2D eigenvalue weighted by Crippen LogP contribution is 2.24. The second kappa shape index (κ2) is 3.15. The van der Waals surface area contributed by atoms with Gasteiger partial charge in [0.15, 0.2) is 0 Å². The Morgan fingerprint density at radius 3 is 2.42 bits per heavy atom. The van der Waals surface area contributed by atoms with Gasteiger partial charge < -0.3 is 10.6 Å². The molecule has 12 heavy (non-hydrogen) atoms. The molecule has 0 radical (unpaired) electrons. The van der Waals surface area contributed by atoms with E-state index < -0.39 is 0 Å². The van der Waals surface area contributed by atoms with E-state index in [-0.39, 0.29) is 0 Å². The number of hydrogen-bond donors (Lipinski definition) is 2. The van der Waals surface area contributed by atoms with Crippen LogP contribution in [0.3, 0.4) is 0 Å². The van der Waals surface area contributed by atoms with Crippen LogP contribution in [0, 0.1) is 6.92 Å². The van der Waals surface area contributed by atoms with Gasteiger partial charge in [0.2, 0.25) is 0 Å². The molecule has 68 valence electrons. The van der Waals surface area contributed by atoms with E-state index in [9.17, 15) is 0 Å². The van der Waals surface area contributed by atoms with Crippen molar-refractivity contribution in [3.63, 3.8) is 0 Å². The van der Waals surface area contributed by atoms with E-state index in [4.69, 9.17) is 5.73 Å². The molecule has 1 aromatic rings. The predicted molar refractivity (Wildman–Crippen MR) is 49.8 cm³/mol. The zero-order chi connectivity index (χ0) is 9.30. The molecule has 0 bridgehead atoms. The van der Waals surface area contributed by atoms with Crippen molar-refractivity contribution in [3.05, 3.63) is 11.3 Å². The fourth-order valence-electron chi connectivity index (χ4n) is 1.24. The number of nitrogens with zero attached hydrogens (tertiary/aromatic N) is 2. The number of nitrogens with one attached hydrogen (secondary N) is 1. The van der Waals surface area contributed by atoms with Crippen molar-refractivity contribution in [1.82, 2.24) is 15.1 Å². The molecule has 0 aliphatic heterocycles. The first-order valence-electron chi connectivity index (χ1n) is 4.00. The predicted octanol–water partition coefficient (Wildman–Crippen LogP) is 0.923. The summed E-state index contributed by atoms with van der Waals surface area (Å²) in [5.74, 6) is 0.605. The lowest BCUT2D eigenvalue weighted by Crippen LogP contribution is -2.18. The minimum atomic E-state index is 0.309. The summed E-state index contributed by atoms with van der Waals surface area (Å²) in [6.45, 7) is 4.09. The van der Waals surface area contributed by atoms with Crippen LogP contribution in [0.5, 0.6) is 0 Å². The van der Waals surface area contributed by atoms with E-state index in [0.29, 0.717) is 11.9 Å². The lowest BCUT2D eigenvalue weighted by atomic mass is 10.1. The molecule has 1 atom stereocenters. The Hall–Kier alpha value is -1.03. The minimum Gasteiger partial charge on any atom is -0.382 e. The van der Waals surface area contributed by atoms with E-state index in [0.717, 1.165) is 11.3 Å². The van der Waals surface area contributed by atoms with Crippen molar-refractivity contribution in [1.29, 1.82) is 0 Å². The van der Waals surface area contributed by atoms with Crippen molar-refractivity contribution >= 4 is 5.82 Å². The van der Waals surface area contributed by atoms with Crippen LogP contribution in [-0.2, 0) is 0 Å². The highest BCUT2D eigenvalue weighted by atomic mass is 15.2. The molecule has 0 fully saturated rings. The summed E-state index contributed by atoms with van der Waals surface area (Å²) in [6, 6.07) is 0.309. The van der Waals surface area contributed by atoms with Crippen LogP contribution in [0.15, 0.2) is 0 Å².